The van der Waals surface area contributed by atoms with Crippen molar-refractivity contribution in [3.05, 3.63) is 59.2 Å². The molecule has 0 radical (unpaired) electrons. The SMILES string of the molecule is CNC(=S)N/N=C/c1ccc(OCc2cccc(C)c2)c(OC)c1. The number of rotatable bonds is 6. The van der Waals surface area contributed by atoms with E-state index >= 15 is 0 Å². The molecular weight excluding hydrogens is 322 g/mol. The topological polar surface area (TPSA) is 54.9 Å². The van der Waals surface area contributed by atoms with Gasteiger partial charge in [-0.2, -0.15) is 5.10 Å². The second kappa shape index (κ2) is 8.88. The van der Waals surface area contributed by atoms with E-state index in [1.807, 2.05) is 30.3 Å². The third kappa shape index (κ3) is 5.24. The van der Waals surface area contributed by atoms with Gasteiger partial charge < -0.3 is 14.8 Å². The molecule has 2 aromatic carbocycles. The van der Waals surface area contributed by atoms with Crippen LogP contribution in [0.5, 0.6) is 11.5 Å². The normalized spacial score (nSPS) is 10.5. The fraction of sp³-hybridized carbons (Fsp3) is 0.222. The molecule has 2 aromatic rings. The molecule has 0 aliphatic carbocycles. The number of methoxy groups -OCH3 is 1. The maximum Gasteiger partial charge on any atom is 0.186 e. The van der Waals surface area contributed by atoms with Crippen LogP contribution in [-0.2, 0) is 6.61 Å². The first-order valence-electron chi connectivity index (χ1n) is 7.49. The van der Waals surface area contributed by atoms with Crippen molar-refractivity contribution in [2.75, 3.05) is 14.2 Å². The molecule has 126 valence electrons. The maximum atomic E-state index is 5.87. The summed E-state index contributed by atoms with van der Waals surface area (Å²) in [7, 11) is 3.35. The highest BCUT2D eigenvalue weighted by Gasteiger charge is 2.06. The van der Waals surface area contributed by atoms with Crippen molar-refractivity contribution in [3.63, 3.8) is 0 Å². The molecule has 0 unspecified atom stereocenters. The molecule has 0 aromatic heterocycles. The van der Waals surface area contributed by atoms with Gasteiger partial charge >= 0.3 is 0 Å². The minimum Gasteiger partial charge on any atom is -0.493 e. The van der Waals surface area contributed by atoms with Gasteiger partial charge in [0.05, 0.1) is 13.3 Å². The summed E-state index contributed by atoms with van der Waals surface area (Å²) in [5, 5.41) is 7.28. The van der Waals surface area contributed by atoms with Gasteiger partial charge in [0.15, 0.2) is 16.6 Å². The van der Waals surface area contributed by atoms with Gasteiger partial charge in [0, 0.05) is 7.05 Å². The highest BCUT2D eigenvalue weighted by atomic mass is 32.1. The minimum absolute atomic E-state index is 0.455. The van der Waals surface area contributed by atoms with Crippen molar-refractivity contribution >= 4 is 23.5 Å². The first-order chi connectivity index (χ1) is 11.6. The van der Waals surface area contributed by atoms with Crippen molar-refractivity contribution in [1.82, 2.24) is 10.7 Å². The van der Waals surface area contributed by atoms with Crippen LogP contribution in [0.15, 0.2) is 47.6 Å². The first-order valence-corrected chi connectivity index (χ1v) is 7.90. The Balaban J connectivity index is 2.04. The van der Waals surface area contributed by atoms with Gasteiger partial charge in [-0.15, -0.1) is 0 Å². The molecule has 0 amide bonds. The molecule has 0 saturated carbocycles. The summed E-state index contributed by atoms with van der Waals surface area (Å²) in [5.41, 5.74) is 5.91. The molecule has 0 aliphatic heterocycles. The average Bonchev–Trinajstić information content (AvgIpc) is 2.60. The van der Waals surface area contributed by atoms with E-state index < -0.39 is 0 Å². The van der Waals surface area contributed by atoms with Crippen LogP contribution in [0.25, 0.3) is 0 Å². The van der Waals surface area contributed by atoms with Crippen LogP contribution in [0.4, 0.5) is 0 Å². The summed E-state index contributed by atoms with van der Waals surface area (Å²) in [5.74, 6) is 1.35. The summed E-state index contributed by atoms with van der Waals surface area (Å²) in [6.45, 7) is 2.55. The number of ether oxygens (including phenoxy) is 2. The highest BCUT2D eigenvalue weighted by Crippen LogP contribution is 2.28. The quantitative estimate of drug-likeness (QED) is 0.480. The number of nitrogens with one attached hydrogen (secondary N) is 2. The monoisotopic (exact) mass is 343 g/mol. The van der Waals surface area contributed by atoms with E-state index in [1.54, 1.807) is 20.4 Å². The lowest BCUT2D eigenvalue weighted by Crippen LogP contribution is -2.28. The first kappa shape index (κ1) is 17.7. The van der Waals surface area contributed by atoms with Gasteiger partial charge in [-0.1, -0.05) is 29.8 Å². The predicted molar refractivity (Wildman–Crippen MR) is 101 cm³/mol. The Kier molecular flexibility index (Phi) is 6.57. The zero-order valence-electron chi connectivity index (χ0n) is 14.0. The van der Waals surface area contributed by atoms with Gasteiger partial charge in [0.1, 0.15) is 6.61 Å². The van der Waals surface area contributed by atoms with Gasteiger partial charge in [0.25, 0.3) is 0 Å². The van der Waals surface area contributed by atoms with Crippen molar-refractivity contribution in [2.24, 2.45) is 5.10 Å². The molecule has 0 aliphatic rings. The number of hydrazone groups is 1. The van der Waals surface area contributed by atoms with Crippen LogP contribution >= 0.6 is 12.2 Å². The standard InChI is InChI=1S/C18H21N3O2S/c1-13-5-4-6-15(9-13)12-23-16-8-7-14(10-17(16)22-3)11-20-21-18(24)19-2/h4-11H,12H2,1-3H3,(H2,19,21,24)/b20-11+. The summed E-state index contributed by atoms with van der Waals surface area (Å²) in [6, 6.07) is 13.9. The second-order valence-electron chi connectivity index (χ2n) is 5.14. The predicted octanol–water partition coefficient (Wildman–Crippen LogP) is 3.01. The molecule has 24 heavy (non-hydrogen) atoms. The zero-order chi connectivity index (χ0) is 17.4. The smallest absolute Gasteiger partial charge is 0.186 e. The van der Waals surface area contributed by atoms with Crippen molar-refractivity contribution in [3.8, 4) is 11.5 Å². The summed E-state index contributed by atoms with van der Waals surface area (Å²) < 4.78 is 11.3. The van der Waals surface area contributed by atoms with Crippen molar-refractivity contribution in [2.45, 2.75) is 13.5 Å². The van der Waals surface area contributed by atoms with Crippen LogP contribution in [0, 0.1) is 6.92 Å². The van der Waals surface area contributed by atoms with Crippen molar-refractivity contribution in [1.29, 1.82) is 0 Å². The van der Waals surface area contributed by atoms with Crippen LogP contribution in [0.1, 0.15) is 16.7 Å². The maximum absolute atomic E-state index is 5.87. The molecule has 6 heteroatoms. The molecule has 0 saturated heterocycles. The van der Waals surface area contributed by atoms with E-state index in [1.165, 1.54) is 5.56 Å². The number of hydrogen-bond donors (Lipinski definition) is 2. The molecule has 0 bridgehead atoms. The fourth-order valence-corrected chi connectivity index (χ4v) is 2.12. The summed E-state index contributed by atoms with van der Waals surface area (Å²) in [4.78, 5) is 0. The Hall–Kier alpha value is -2.60. The zero-order valence-corrected chi connectivity index (χ0v) is 14.8. The van der Waals surface area contributed by atoms with E-state index in [2.05, 4.69) is 34.9 Å². The highest BCUT2D eigenvalue weighted by molar-refractivity contribution is 7.80. The van der Waals surface area contributed by atoms with Gasteiger partial charge in [-0.25, -0.2) is 0 Å². The third-order valence-corrected chi connectivity index (χ3v) is 3.57. The van der Waals surface area contributed by atoms with Crippen LogP contribution in [0.2, 0.25) is 0 Å². The van der Waals surface area contributed by atoms with E-state index in [9.17, 15) is 0 Å². The number of nitrogens with zero attached hydrogens (tertiary/aromatic N) is 1. The van der Waals surface area contributed by atoms with E-state index in [0.717, 1.165) is 11.1 Å². The third-order valence-electron chi connectivity index (χ3n) is 3.27. The molecule has 0 atom stereocenters. The number of benzene rings is 2. The Labute approximate surface area is 147 Å². The van der Waals surface area contributed by atoms with E-state index in [0.29, 0.717) is 23.2 Å². The summed E-state index contributed by atoms with van der Waals surface area (Å²) >= 11 is 4.95. The Morgan fingerprint density at radius 3 is 2.75 bits per heavy atom. The number of hydrogen-bond acceptors (Lipinski definition) is 4. The Morgan fingerprint density at radius 2 is 2.04 bits per heavy atom. The Bertz CT molecular complexity index is 732. The summed E-state index contributed by atoms with van der Waals surface area (Å²) in [6.07, 6.45) is 1.66. The molecule has 2 rings (SSSR count). The minimum atomic E-state index is 0.455. The lowest BCUT2D eigenvalue weighted by Gasteiger charge is -2.11. The molecule has 2 N–H and O–H groups in total. The van der Waals surface area contributed by atoms with Crippen LogP contribution in [-0.4, -0.2) is 25.5 Å². The molecule has 0 fully saturated rings. The fourth-order valence-electron chi connectivity index (χ4n) is 2.07. The van der Waals surface area contributed by atoms with Gasteiger partial charge in [0.2, 0.25) is 0 Å². The largest absolute Gasteiger partial charge is 0.493 e. The van der Waals surface area contributed by atoms with E-state index in [-0.39, 0.29) is 0 Å². The van der Waals surface area contributed by atoms with E-state index in [4.69, 9.17) is 21.7 Å². The molecular formula is C18H21N3O2S. The molecule has 0 heterocycles. The van der Waals surface area contributed by atoms with Crippen LogP contribution in [0.3, 0.4) is 0 Å². The van der Waals surface area contributed by atoms with Gasteiger partial charge in [-0.3, -0.25) is 5.43 Å². The Morgan fingerprint density at radius 1 is 1.21 bits per heavy atom. The number of thiocarbonyl (C=S) groups is 1. The lowest BCUT2D eigenvalue weighted by atomic mass is 10.1. The number of aryl methyl sites for hydroxylation is 1. The van der Waals surface area contributed by atoms with Gasteiger partial charge in [-0.05, 0) is 48.5 Å². The molecule has 0 spiro atoms. The van der Waals surface area contributed by atoms with Crippen molar-refractivity contribution < 1.29 is 9.47 Å². The lowest BCUT2D eigenvalue weighted by molar-refractivity contribution is 0.284. The second-order valence-corrected chi connectivity index (χ2v) is 5.55. The van der Waals surface area contributed by atoms with Crippen LogP contribution < -0.4 is 20.2 Å². The molecule has 5 nitrogen and oxygen atoms in total. The average molecular weight is 343 g/mol.